The van der Waals surface area contributed by atoms with Crippen molar-refractivity contribution in [2.24, 2.45) is 0 Å². The number of benzene rings is 1. The average molecular weight is 241 g/mol. The Labute approximate surface area is 102 Å². The Morgan fingerprint density at radius 1 is 1.35 bits per heavy atom. The molecule has 1 unspecified atom stereocenters. The maximum absolute atomic E-state index is 13.1. The molecule has 96 valence electrons. The van der Waals surface area contributed by atoms with Crippen LogP contribution in [0.25, 0.3) is 0 Å². The Kier molecular flexibility index (Phi) is 5.38. The number of aliphatic hydroxyl groups excluding tert-OH is 1. The van der Waals surface area contributed by atoms with Crippen LogP contribution in [0.3, 0.4) is 0 Å². The Balaban J connectivity index is 2.39. The van der Waals surface area contributed by atoms with Crippen molar-refractivity contribution in [2.45, 2.75) is 33.0 Å². The SMILES string of the molecule is Cc1cc(F)cc(NCC(O)COC(C)C)c1. The van der Waals surface area contributed by atoms with Gasteiger partial charge in [-0.1, -0.05) is 0 Å². The van der Waals surface area contributed by atoms with Crippen LogP contribution in [0.5, 0.6) is 0 Å². The van der Waals surface area contributed by atoms with E-state index in [1.807, 2.05) is 26.8 Å². The molecule has 0 bridgehead atoms. The molecule has 0 amide bonds. The van der Waals surface area contributed by atoms with Crippen LogP contribution in [-0.2, 0) is 4.74 Å². The number of ether oxygens (including phenoxy) is 1. The molecule has 1 aromatic carbocycles. The predicted octanol–water partition coefficient (Wildman–Crippen LogP) is 2.33. The smallest absolute Gasteiger partial charge is 0.125 e. The first kappa shape index (κ1) is 13.9. The van der Waals surface area contributed by atoms with Gasteiger partial charge >= 0.3 is 0 Å². The average Bonchev–Trinajstić information content (AvgIpc) is 2.22. The number of rotatable bonds is 6. The second-order valence-corrected chi connectivity index (χ2v) is 4.43. The minimum atomic E-state index is -0.596. The molecule has 0 spiro atoms. The van der Waals surface area contributed by atoms with Crippen LogP contribution >= 0.6 is 0 Å². The van der Waals surface area contributed by atoms with Crippen molar-refractivity contribution in [2.75, 3.05) is 18.5 Å². The maximum Gasteiger partial charge on any atom is 0.125 e. The van der Waals surface area contributed by atoms with Gasteiger partial charge in [0.25, 0.3) is 0 Å². The van der Waals surface area contributed by atoms with Crippen LogP contribution in [0.4, 0.5) is 10.1 Å². The monoisotopic (exact) mass is 241 g/mol. The lowest BCUT2D eigenvalue weighted by molar-refractivity contribution is 0.0112. The van der Waals surface area contributed by atoms with E-state index in [-0.39, 0.29) is 18.5 Å². The lowest BCUT2D eigenvalue weighted by Crippen LogP contribution is -2.26. The lowest BCUT2D eigenvalue weighted by Gasteiger charge is -2.15. The summed E-state index contributed by atoms with van der Waals surface area (Å²) in [5.41, 5.74) is 1.52. The molecule has 4 heteroatoms. The molecular weight excluding hydrogens is 221 g/mol. The molecular formula is C13H20FNO2. The Bertz CT molecular complexity index is 335. The number of aryl methyl sites for hydroxylation is 1. The Morgan fingerprint density at radius 2 is 2.06 bits per heavy atom. The van der Waals surface area contributed by atoms with E-state index in [1.54, 1.807) is 0 Å². The highest BCUT2D eigenvalue weighted by Crippen LogP contribution is 2.13. The number of aliphatic hydroxyl groups is 1. The second kappa shape index (κ2) is 6.57. The highest BCUT2D eigenvalue weighted by molar-refractivity contribution is 5.46. The normalized spacial score (nSPS) is 12.8. The number of halogens is 1. The third-order valence-corrected chi connectivity index (χ3v) is 2.21. The van der Waals surface area contributed by atoms with E-state index in [4.69, 9.17) is 4.74 Å². The zero-order chi connectivity index (χ0) is 12.8. The molecule has 0 aromatic heterocycles. The van der Waals surface area contributed by atoms with Crippen molar-refractivity contribution in [1.82, 2.24) is 0 Å². The highest BCUT2D eigenvalue weighted by atomic mass is 19.1. The van der Waals surface area contributed by atoms with Crippen molar-refractivity contribution in [1.29, 1.82) is 0 Å². The van der Waals surface area contributed by atoms with Gasteiger partial charge in [-0.3, -0.25) is 0 Å². The Morgan fingerprint density at radius 3 is 2.65 bits per heavy atom. The quantitative estimate of drug-likeness (QED) is 0.803. The fourth-order valence-corrected chi connectivity index (χ4v) is 1.44. The minimum absolute atomic E-state index is 0.0982. The van der Waals surface area contributed by atoms with Crippen molar-refractivity contribution in [3.05, 3.63) is 29.6 Å². The van der Waals surface area contributed by atoms with Gasteiger partial charge < -0.3 is 15.2 Å². The summed E-state index contributed by atoms with van der Waals surface area (Å²) in [5, 5.41) is 12.6. The zero-order valence-electron chi connectivity index (χ0n) is 10.5. The van der Waals surface area contributed by atoms with E-state index in [1.165, 1.54) is 12.1 Å². The van der Waals surface area contributed by atoms with Gasteiger partial charge in [-0.15, -0.1) is 0 Å². The third-order valence-electron chi connectivity index (χ3n) is 2.21. The first-order valence-corrected chi connectivity index (χ1v) is 5.78. The number of hydrogen-bond donors (Lipinski definition) is 2. The molecule has 17 heavy (non-hydrogen) atoms. The topological polar surface area (TPSA) is 41.5 Å². The van der Waals surface area contributed by atoms with E-state index in [9.17, 15) is 9.50 Å². The summed E-state index contributed by atoms with van der Waals surface area (Å²) in [7, 11) is 0. The molecule has 3 nitrogen and oxygen atoms in total. The largest absolute Gasteiger partial charge is 0.389 e. The second-order valence-electron chi connectivity index (χ2n) is 4.43. The molecule has 1 atom stereocenters. The fraction of sp³-hybridized carbons (Fsp3) is 0.538. The van der Waals surface area contributed by atoms with Gasteiger partial charge in [0.05, 0.1) is 18.8 Å². The standard InChI is InChI=1S/C13H20FNO2/c1-9(2)17-8-13(16)7-15-12-5-10(3)4-11(14)6-12/h4-6,9,13,15-16H,7-8H2,1-3H3. The first-order chi connectivity index (χ1) is 7.97. The van der Waals surface area contributed by atoms with Gasteiger partial charge in [-0.2, -0.15) is 0 Å². The molecule has 0 aliphatic carbocycles. The van der Waals surface area contributed by atoms with Crippen LogP contribution in [-0.4, -0.2) is 30.5 Å². The van der Waals surface area contributed by atoms with Crippen molar-refractivity contribution < 1.29 is 14.2 Å². The van der Waals surface area contributed by atoms with E-state index in [0.717, 1.165) is 5.56 Å². The zero-order valence-corrected chi connectivity index (χ0v) is 10.5. The van der Waals surface area contributed by atoms with E-state index >= 15 is 0 Å². The summed E-state index contributed by atoms with van der Waals surface area (Å²) in [6.07, 6.45) is -0.498. The summed E-state index contributed by atoms with van der Waals surface area (Å²) in [4.78, 5) is 0. The van der Waals surface area contributed by atoms with Gasteiger partial charge in [0.1, 0.15) is 5.82 Å². The summed E-state index contributed by atoms with van der Waals surface area (Å²) >= 11 is 0. The Hall–Kier alpha value is -1.13. The van der Waals surface area contributed by atoms with Crippen molar-refractivity contribution in [3.8, 4) is 0 Å². The molecule has 0 saturated carbocycles. The molecule has 2 N–H and O–H groups in total. The van der Waals surface area contributed by atoms with Gasteiger partial charge in [-0.05, 0) is 44.5 Å². The molecule has 0 saturated heterocycles. The van der Waals surface area contributed by atoms with Crippen LogP contribution < -0.4 is 5.32 Å². The molecule has 1 rings (SSSR count). The summed E-state index contributed by atoms with van der Waals surface area (Å²) < 4.78 is 18.4. The van der Waals surface area contributed by atoms with Gasteiger partial charge in [0, 0.05) is 12.2 Å². The molecule has 0 aliphatic rings. The number of nitrogens with one attached hydrogen (secondary N) is 1. The van der Waals surface area contributed by atoms with Crippen LogP contribution in [0.1, 0.15) is 19.4 Å². The summed E-state index contributed by atoms with van der Waals surface area (Å²) in [5.74, 6) is -0.277. The lowest BCUT2D eigenvalue weighted by atomic mass is 10.2. The van der Waals surface area contributed by atoms with Gasteiger partial charge in [-0.25, -0.2) is 4.39 Å². The molecule has 0 radical (unpaired) electrons. The highest BCUT2D eigenvalue weighted by Gasteiger charge is 2.06. The number of anilines is 1. The fourth-order valence-electron chi connectivity index (χ4n) is 1.44. The maximum atomic E-state index is 13.1. The molecule has 0 fully saturated rings. The van der Waals surface area contributed by atoms with Gasteiger partial charge in [0.15, 0.2) is 0 Å². The third kappa shape index (κ3) is 5.65. The van der Waals surface area contributed by atoms with E-state index < -0.39 is 6.10 Å². The number of hydrogen-bond acceptors (Lipinski definition) is 3. The molecule has 0 aliphatic heterocycles. The summed E-state index contributed by atoms with van der Waals surface area (Å²) in [6, 6.07) is 4.70. The van der Waals surface area contributed by atoms with E-state index in [2.05, 4.69) is 5.32 Å². The van der Waals surface area contributed by atoms with Gasteiger partial charge in [0.2, 0.25) is 0 Å². The molecule has 1 aromatic rings. The first-order valence-electron chi connectivity index (χ1n) is 5.78. The summed E-state index contributed by atoms with van der Waals surface area (Å²) in [6.45, 7) is 6.27. The van der Waals surface area contributed by atoms with Crippen molar-refractivity contribution in [3.63, 3.8) is 0 Å². The van der Waals surface area contributed by atoms with Crippen LogP contribution in [0, 0.1) is 12.7 Å². The van der Waals surface area contributed by atoms with Crippen molar-refractivity contribution >= 4 is 5.69 Å². The van der Waals surface area contributed by atoms with Crippen LogP contribution in [0.15, 0.2) is 18.2 Å². The van der Waals surface area contributed by atoms with E-state index in [0.29, 0.717) is 12.2 Å². The van der Waals surface area contributed by atoms with Crippen LogP contribution in [0.2, 0.25) is 0 Å². The minimum Gasteiger partial charge on any atom is -0.389 e. The molecule has 0 heterocycles. The predicted molar refractivity (Wildman–Crippen MR) is 66.7 cm³/mol.